The highest BCUT2D eigenvalue weighted by molar-refractivity contribution is 5.87. The number of aromatic carboxylic acids is 1. The molecule has 0 unspecified atom stereocenters. The predicted molar refractivity (Wildman–Crippen MR) is 87.1 cm³/mol. The molecule has 22 heavy (non-hydrogen) atoms. The summed E-state index contributed by atoms with van der Waals surface area (Å²) in [5, 5.41) is 8.96. The van der Waals surface area contributed by atoms with Crippen LogP contribution in [0, 0.1) is 5.92 Å². The highest BCUT2D eigenvalue weighted by Gasteiger charge is 2.36. The van der Waals surface area contributed by atoms with Crippen molar-refractivity contribution >= 4 is 5.97 Å². The molecule has 120 valence electrons. The Morgan fingerprint density at radius 3 is 2.45 bits per heavy atom. The number of carboxylic acid groups (broad SMARTS) is 1. The maximum Gasteiger partial charge on any atom is 0.335 e. The Labute approximate surface area is 132 Å². The molecule has 0 radical (unpaired) electrons. The topological polar surface area (TPSA) is 43.8 Å². The maximum atomic E-state index is 10.9. The van der Waals surface area contributed by atoms with E-state index < -0.39 is 5.97 Å². The van der Waals surface area contributed by atoms with Crippen molar-refractivity contribution < 1.29 is 9.90 Å². The minimum Gasteiger partial charge on any atom is -0.478 e. The second-order valence-electron chi connectivity index (χ2n) is 7.41. The summed E-state index contributed by atoms with van der Waals surface area (Å²) in [4.78, 5) is 16.0. The zero-order chi connectivity index (χ0) is 15.7. The average molecular weight is 302 g/mol. The van der Waals surface area contributed by atoms with Crippen LogP contribution in [-0.4, -0.2) is 52.6 Å². The molecule has 1 aromatic carbocycles. The van der Waals surface area contributed by atoms with Gasteiger partial charge in [0.1, 0.15) is 0 Å². The summed E-state index contributed by atoms with van der Waals surface area (Å²) in [6.45, 7) is 10.1. The first kappa shape index (κ1) is 15.5. The van der Waals surface area contributed by atoms with Crippen LogP contribution >= 0.6 is 0 Å². The summed E-state index contributed by atoms with van der Waals surface area (Å²) >= 11 is 0. The van der Waals surface area contributed by atoms with Crippen LogP contribution in [0.3, 0.4) is 0 Å². The lowest BCUT2D eigenvalue weighted by atomic mass is 9.97. The van der Waals surface area contributed by atoms with Gasteiger partial charge in [0.15, 0.2) is 0 Å². The third kappa shape index (κ3) is 3.68. The van der Waals surface area contributed by atoms with Gasteiger partial charge in [-0.15, -0.1) is 0 Å². The van der Waals surface area contributed by atoms with Crippen molar-refractivity contribution in [3.05, 3.63) is 35.4 Å². The normalized spacial score (nSPS) is 22.6. The number of nitrogens with zero attached hydrogens (tertiary/aromatic N) is 2. The van der Waals surface area contributed by atoms with Gasteiger partial charge < -0.3 is 5.11 Å². The summed E-state index contributed by atoms with van der Waals surface area (Å²) in [6.07, 6.45) is 2.82. The van der Waals surface area contributed by atoms with E-state index in [9.17, 15) is 4.79 Å². The number of hydrogen-bond acceptors (Lipinski definition) is 3. The van der Waals surface area contributed by atoms with Crippen LogP contribution in [-0.2, 0) is 6.54 Å². The van der Waals surface area contributed by atoms with Gasteiger partial charge in [0.2, 0.25) is 0 Å². The molecule has 4 nitrogen and oxygen atoms in total. The molecule has 1 saturated heterocycles. The first-order chi connectivity index (χ1) is 10.4. The number of hydrogen-bond donors (Lipinski definition) is 1. The Morgan fingerprint density at radius 1 is 1.23 bits per heavy atom. The van der Waals surface area contributed by atoms with Crippen LogP contribution < -0.4 is 0 Å². The molecule has 2 aliphatic rings. The molecule has 1 saturated carbocycles. The zero-order valence-electron chi connectivity index (χ0n) is 13.6. The van der Waals surface area contributed by atoms with Crippen molar-refractivity contribution in [1.29, 1.82) is 0 Å². The molecule has 0 spiro atoms. The Kier molecular flexibility index (Phi) is 4.24. The maximum absolute atomic E-state index is 10.9. The summed E-state index contributed by atoms with van der Waals surface area (Å²) in [5.41, 5.74) is 1.77. The van der Waals surface area contributed by atoms with E-state index in [2.05, 4.69) is 23.6 Å². The van der Waals surface area contributed by atoms with Gasteiger partial charge in [-0.3, -0.25) is 9.80 Å². The third-order valence-electron chi connectivity index (χ3n) is 4.94. The van der Waals surface area contributed by atoms with Gasteiger partial charge in [0, 0.05) is 38.3 Å². The highest BCUT2D eigenvalue weighted by Crippen LogP contribution is 2.33. The van der Waals surface area contributed by atoms with Gasteiger partial charge in [-0.05, 0) is 50.3 Å². The summed E-state index contributed by atoms with van der Waals surface area (Å²) in [7, 11) is 0. The second-order valence-corrected chi connectivity index (χ2v) is 7.41. The van der Waals surface area contributed by atoms with Crippen molar-refractivity contribution in [2.45, 2.75) is 38.8 Å². The molecule has 2 fully saturated rings. The third-order valence-corrected chi connectivity index (χ3v) is 4.94. The molecule has 4 heteroatoms. The van der Waals surface area contributed by atoms with Crippen molar-refractivity contribution in [3.63, 3.8) is 0 Å². The van der Waals surface area contributed by atoms with Crippen LogP contribution in [0.2, 0.25) is 0 Å². The lowest BCUT2D eigenvalue weighted by Gasteiger charge is -2.47. The molecule has 0 atom stereocenters. The van der Waals surface area contributed by atoms with E-state index in [0.29, 0.717) is 5.56 Å². The quantitative estimate of drug-likeness (QED) is 0.908. The molecular weight excluding hydrogens is 276 g/mol. The summed E-state index contributed by atoms with van der Waals surface area (Å²) in [6, 6.07) is 7.28. The minimum atomic E-state index is -0.860. The molecule has 1 aliphatic carbocycles. The van der Waals surface area contributed by atoms with Crippen molar-refractivity contribution in [2.75, 3.05) is 26.2 Å². The number of benzene rings is 1. The van der Waals surface area contributed by atoms with E-state index in [1.165, 1.54) is 24.9 Å². The Morgan fingerprint density at radius 2 is 1.91 bits per heavy atom. The highest BCUT2D eigenvalue weighted by atomic mass is 16.4. The predicted octanol–water partition coefficient (Wildman–Crippen LogP) is 2.69. The van der Waals surface area contributed by atoms with E-state index in [4.69, 9.17) is 5.11 Å². The summed E-state index contributed by atoms with van der Waals surface area (Å²) < 4.78 is 0. The summed E-state index contributed by atoms with van der Waals surface area (Å²) in [5.74, 6) is 0.0794. The van der Waals surface area contributed by atoms with E-state index in [0.717, 1.165) is 32.1 Å². The van der Waals surface area contributed by atoms with Crippen LogP contribution in [0.15, 0.2) is 24.3 Å². The molecule has 0 amide bonds. The van der Waals surface area contributed by atoms with Gasteiger partial charge in [-0.25, -0.2) is 4.79 Å². The average Bonchev–Trinajstić information content (AvgIpc) is 3.26. The van der Waals surface area contributed by atoms with Gasteiger partial charge in [-0.1, -0.05) is 12.1 Å². The number of carboxylic acids is 1. The SMILES string of the molecule is CC1(C)CN(Cc2ccc(C(=O)O)cc2)CCN1CC1CC1. The molecule has 1 N–H and O–H groups in total. The van der Waals surface area contributed by atoms with E-state index in [1.807, 2.05) is 12.1 Å². The van der Waals surface area contributed by atoms with Gasteiger partial charge in [0.05, 0.1) is 5.56 Å². The standard InChI is InChI=1S/C18H26N2O2/c1-18(2)13-19(9-10-20(18)12-15-3-4-15)11-14-5-7-16(8-6-14)17(21)22/h5-8,15H,3-4,9-13H2,1-2H3,(H,21,22). The molecular formula is C18H26N2O2. The molecule has 3 rings (SSSR count). The Balaban J connectivity index is 1.58. The fourth-order valence-electron chi connectivity index (χ4n) is 3.39. The van der Waals surface area contributed by atoms with Crippen LogP contribution in [0.5, 0.6) is 0 Å². The second kappa shape index (κ2) is 6.01. The van der Waals surface area contributed by atoms with Gasteiger partial charge in [-0.2, -0.15) is 0 Å². The largest absolute Gasteiger partial charge is 0.478 e. The molecule has 1 heterocycles. The Bertz CT molecular complexity index is 535. The van der Waals surface area contributed by atoms with Crippen LogP contribution in [0.25, 0.3) is 0 Å². The fourth-order valence-corrected chi connectivity index (χ4v) is 3.39. The van der Waals surface area contributed by atoms with Gasteiger partial charge in [0.25, 0.3) is 0 Å². The molecule has 1 aliphatic heterocycles. The molecule has 0 bridgehead atoms. The fraction of sp³-hybridized carbons (Fsp3) is 0.611. The van der Waals surface area contributed by atoms with Gasteiger partial charge >= 0.3 is 5.97 Å². The molecule has 0 aromatic heterocycles. The number of piperazine rings is 1. The van der Waals surface area contributed by atoms with Crippen molar-refractivity contribution in [3.8, 4) is 0 Å². The number of rotatable bonds is 5. The van der Waals surface area contributed by atoms with Crippen LogP contribution in [0.4, 0.5) is 0 Å². The smallest absolute Gasteiger partial charge is 0.335 e. The van der Waals surface area contributed by atoms with Crippen LogP contribution in [0.1, 0.15) is 42.6 Å². The van der Waals surface area contributed by atoms with Crippen molar-refractivity contribution in [2.24, 2.45) is 5.92 Å². The number of carbonyl (C=O) groups is 1. The lowest BCUT2D eigenvalue weighted by Crippen LogP contribution is -2.59. The minimum absolute atomic E-state index is 0.224. The van der Waals surface area contributed by atoms with E-state index in [-0.39, 0.29) is 5.54 Å². The van der Waals surface area contributed by atoms with E-state index >= 15 is 0 Å². The molecule has 1 aromatic rings. The van der Waals surface area contributed by atoms with Crippen molar-refractivity contribution in [1.82, 2.24) is 9.80 Å². The van der Waals surface area contributed by atoms with E-state index in [1.54, 1.807) is 12.1 Å². The lowest BCUT2D eigenvalue weighted by molar-refractivity contribution is 0.0131. The monoisotopic (exact) mass is 302 g/mol. The first-order valence-electron chi connectivity index (χ1n) is 8.24. The Hall–Kier alpha value is -1.39. The zero-order valence-corrected chi connectivity index (χ0v) is 13.6. The first-order valence-corrected chi connectivity index (χ1v) is 8.24.